The molecule has 2 aliphatic rings. The van der Waals surface area contributed by atoms with Crippen molar-refractivity contribution in [2.24, 2.45) is 0 Å². The van der Waals surface area contributed by atoms with Gasteiger partial charge in [-0.2, -0.15) is 18.2 Å². The SMILES string of the molecule is O=C1Cc2cc(Nc3ncc(C(F)(F)F)c(Oc4cccc5c4COOC5)n3)ccc2N1. The summed E-state index contributed by atoms with van der Waals surface area (Å²) < 4.78 is 46.3. The number of nitrogens with zero attached hydrogens (tertiary/aromatic N) is 2. The first-order chi connectivity index (χ1) is 15.4. The molecule has 0 saturated carbocycles. The zero-order valence-electron chi connectivity index (χ0n) is 16.3. The van der Waals surface area contributed by atoms with E-state index in [1.807, 2.05) is 0 Å². The molecular weight excluding hydrogens is 429 g/mol. The summed E-state index contributed by atoms with van der Waals surface area (Å²) in [4.78, 5) is 29.1. The molecule has 0 spiro atoms. The molecule has 164 valence electrons. The van der Waals surface area contributed by atoms with E-state index in [0.29, 0.717) is 23.1 Å². The molecule has 0 radical (unpaired) electrons. The molecule has 0 bridgehead atoms. The molecular formula is C21H15F3N4O4. The number of hydrogen-bond donors (Lipinski definition) is 2. The zero-order chi connectivity index (χ0) is 22.3. The van der Waals surface area contributed by atoms with Crippen LogP contribution in [-0.2, 0) is 40.4 Å². The number of fused-ring (bicyclic) bond motifs is 2. The third-order valence-electron chi connectivity index (χ3n) is 4.98. The van der Waals surface area contributed by atoms with E-state index in [1.54, 1.807) is 30.3 Å². The number of hydrogen-bond acceptors (Lipinski definition) is 7. The largest absolute Gasteiger partial charge is 0.438 e. The number of alkyl halides is 3. The van der Waals surface area contributed by atoms with Crippen molar-refractivity contribution in [3.8, 4) is 11.6 Å². The van der Waals surface area contributed by atoms with Crippen LogP contribution >= 0.6 is 0 Å². The first kappa shape index (κ1) is 20.2. The van der Waals surface area contributed by atoms with E-state index < -0.39 is 17.6 Å². The fourth-order valence-electron chi connectivity index (χ4n) is 3.45. The Balaban J connectivity index is 1.47. The van der Waals surface area contributed by atoms with Crippen molar-refractivity contribution in [2.75, 3.05) is 10.6 Å². The Morgan fingerprint density at radius 2 is 1.94 bits per heavy atom. The number of rotatable bonds is 4. The molecule has 2 N–H and O–H groups in total. The van der Waals surface area contributed by atoms with E-state index in [-0.39, 0.29) is 37.2 Å². The highest BCUT2D eigenvalue weighted by molar-refractivity contribution is 5.99. The highest BCUT2D eigenvalue weighted by Crippen LogP contribution is 2.39. The average molecular weight is 444 g/mol. The minimum Gasteiger partial charge on any atom is -0.438 e. The zero-order valence-corrected chi connectivity index (χ0v) is 16.3. The van der Waals surface area contributed by atoms with Crippen LogP contribution in [0.1, 0.15) is 22.3 Å². The summed E-state index contributed by atoms with van der Waals surface area (Å²) in [6, 6.07) is 10.0. The molecule has 2 aliphatic heterocycles. The molecule has 3 aromatic rings. The maximum absolute atomic E-state index is 13.6. The second-order valence-electron chi connectivity index (χ2n) is 7.15. The van der Waals surface area contributed by atoms with E-state index in [4.69, 9.17) is 14.5 Å². The second-order valence-corrected chi connectivity index (χ2v) is 7.15. The molecule has 0 fully saturated rings. The Kier molecular flexibility index (Phi) is 4.91. The van der Waals surface area contributed by atoms with Crippen LogP contribution in [0.5, 0.6) is 11.6 Å². The number of benzene rings is 2. The van der Waals surface area contributed by atoms with Gasteiger partial charge in [-0.25, -0.2) is 14.8 Å². The van der Waals surface area contributed by atoms with Crippen molar-refractivity contribution in [1.82, 2.24) is 9.97 Å². The number of anilines is 3. The van der Waals surface area contributed by atoms with E-state index in [2.05, 4.69) is 20.6 Å². The highest BCUT2D eigenvalue weighted by Gasteiger charge is 2.37. The first-order valence-electron chi connectivity index (χ1n) is 9.54. The van der Waals surface area contributed by atoms with Gasteiger partial charge in [0.25, 0.3) is 0 Å². The van der Waals surface area contributed by atoms with Crippen molar-refractivity contribution >= 4 is 23.2 Å². The molecule has 32 heavy (non-hydrogen) atoms. The number of nitrogens with one attached hydrogen (secondary N) is 2. The van der Waals surface area contributed by atoms with Gasteiger partial charge < -0.3 is 15.4 Å². The summed E-state index contributed by atoms with van der Waals surface area (Å²) in [7, 11) is 0. The van der Waals surface area contributed by atoms with Crippen molar-refractivity contribution < 1.29 is 32.5 Å². The van der Waals surface area contributed by atoms with Gasteiger partial charge in [-0.05, 0) is 35.4 Å². The summed E-state index contributed by atoms with van der Waals surface area (Å²) in [6.45, 7) is 0.190. The fraction of sp³-hybridized carbons (Fsp3) is 0.190. The summed E-state index contributed by atoms with van der Waals surface area (Å²) in [5.41, 5.74) is 2.19. The maximum Gasteiger partial charge on any atom is 0.423 e. The molecule has 3 heterocycles. The number of aromatic nitrogens is 2. The summed E-state index contributed by atoms with van der Waals surface area (Å²) in [6.07, 6.45) is -3.84. The third kappa shape index (κ3) is 3.95. The molecule has 1 amide bonds. The number of carbonyl (C=O) groups excluding carboxylic acids is 1. The Morgan fingerprint density at radius 3 is 2.78 bits per heavy atom. The van der Waals surface area contributed by atoms with Gasteiger partial charge in [0, 0.05) is 23.1 Å². The third-order valence-corrected chi connectivity index (χ3v) is 4.98. The lowest BCUT2D eigenvalue weighted by atomic mass is 10.1. The summed E-state index contributed by atoms with van der Waals surface area (Å²) >= 11 is 0. The van der Waals surface area contributed by atoms with Gasteiger partial charge in [0.05, 0.1) is 6.42 Å². The Bertz CT molecular complexity index is 1220. The van der Waals surface area contributed by atoms with Crippen molar-refractivity contribution in [3.05, 3.63) is 64.8 Å². The highest BCUT2D eigenvalue weighted by atomic mass is 19.4. The topological polar surface area (TPSA) is 94.6 Å². The molecule has 5 rings (SSSR count). The Hall–Kier alpha value is -3.70. The fourth-order valence-corrected chi connectivity index (χ4v) is 3.45. The number of amides is 1. The lowest BCUT2D eigenvalue weighted by Crippen LogP contribution is -2.13. The minimum atomic E-state index is -4.72. The van der Waals surface area contributed by atoms with Crippen LogP contribution in [0, 0.1) is 0 Å². The van der Waals surface area contributed by atoms with E-state index in [0.717, 1.165) is 11.1 Å². The standard InChI is InChI=1S/C21H15F3N4O4/c22-21(23,24)15-8-25-20(26-13-4-5-16-12(6-13)7-18(29)27-16)28-19(15)32-17-3-1-2-11-9-30-31-10-14(11)17/h1-6,8H,7,9-10H2,(H,27,29)(H,25,26,28). The lowest BCUT2D eigenvalue weighted by Gasteiger charge is -2.20. The maximum atomic E-state index is 13.6. The minimum absolute atomic E-state index is 0.0327. The van der Waals surface area contributed by atoms with Gasteiger partial charge in [0.2, 0.25) is 17.7 Å². The molecule has 0 atom stereocenters. The van der Waals surface area contributed by atoms with Crippen LogP contribution in [0.25, 0.3) is 0 Å². The number of halogens is 3. The van der Waals surface area contributed by atoms with Crippen LogP contribution in [-0.4, -0.2) is 15.9 Å². The lowest BCUT2D eigenvalue weighted by molar-refractivity contribution is -0.322. The molecule has 2 aromatic carbocycles. The number of carbonyl (C=O) groups is 1. The van der Waals surface area contributed by atoms with Gasteiger partial charge in [-0.3, -0.25) is 4.79 Å². The van der Waals surface area contributed by atoms with Gasteiger partial charge in [0.1, 0.15) is 24.5 Å². The van der Waals surface area contributed by atoms with Gasteiger partial charge in [-0.1, -0.05) is 12.1 Å². The molecule has 11 heteroatoms. The molecule has 8 nitrogen and oxygen atoms in total. The average Bonchev–Trinajstić information content (AvgIpc) is 3.13. The second kappa shape index (κ2) is 7.77. The summed E-state index contributed by atoms with van der Waals surface area (Å²) in [5, 5.41) is 5.57. The van der Waals surface area contributed by atoms with Crippen LogP contribution in [0.3, 0.4) is 0 Å². The number of ether oxygens (including phenoxy) is 1. The van der Waals surface area contributed by atoms with Gasteiger partial charge >= 0.3 is 6.18 Å². The van der Waals surface area contributed by atoms with Gasteiger partial charge in [0.15, 0.2) is 0 Å². The van der Waals surface area contributed by atoms with Crippen molar-refractivity contribution in [1.29, 1.82) is 0 Å². The monoisotopic (exact) mass is 444 g/mol. The molecule has 0 aliphatic carbocycles. The molecule has 0 unspecified atom stereocenters. The molecule has 0 saturated heterocycles. The van der Waals surface area contributed by atoms with Gasteiger partial charge in [-0.15, -0.1) is 0 Å². The van der Waals surface area contributed by atoms with Crippen LogP contribution < -0.4 is 15.4 Å². The smallest absolute Gasteiger partial charge is 0.423 e. The van der Waals surface area contributed by atoms with Crippen LogP contribution in [0.2, 0.25) is 0 Å². The van der Waals surface area contributed by atoms with Crippen molar-refractivity contribution in [3.63, 3.8) is 0 Å². The van der Waals surface area contributed by atoms with E-state index in [9.17, 15) is 18.0 Å². The van der Waals surface area contributed by atoms with Crippen LogP contribution in [0.4, 0.5) is 30.5 Å². The van der Waals surface area contributed by atoms with E-state index in [1.165, 1.54) is 6.07 Å². The molecule has 1 aromatic heterocycles. The van der Waals surface area contributed by atoms with Crippen molar-refractivity contribution in [2.45, 2.75) is 25.8 Å². The van der Waals surface area contributed by atoms with E-state index >= 15 is 0 Å². The van der Waals surface area contributed by atoms with Crippen LogP contribution in [0.15, 0.2) is 42.6 Å². The quantitative estimate of drug-likeness (QED) is 0.573. The Morgan fingerprint density at radius 1 is 1.09 bits per heavy atom. The first-order valence-corrected chi connectivity index (χ1v) is 9.54. The summed E-state index contributed by atoms with van der Waals surface area (Å²) in [5.74, 6) is -0.676. The predicted octanol–water partition coefficient (Wildman–Crippen LogP) is 4.49. The predicted molar refractivity (Wildman–Crippen MR) is 105 cm³/mol. The Labute approximate surface area is 179 Å². The normalized spacial score (nSPS) is 15.0.